The first-order chi connectivity index (χ1) is 7.68. The van der Waals surface area contributed by atoms with E-state index >= 15 is 0 Å². The maximum absolute atomic E-state index is 5.42. The monoisotopic (exact) mass is 229 g/mol. The Morgan fingerprint density at radius 2 is 1.12 bits per heavy atom. The Kier molecular flexibility index (Phi) is 19.9. The fourth-order valence-electron chi connectivity index (χ4n) is 1.58. The van der Waals surface area contributed by atoms with E-state index in [1.807, 2.05) is 0 Å². The molecule has 1 nitrogen and oxygen atoms in total. The van der Waals surface area contributed by atoms with E-state index in [1.54, 1.807) is 0 Å². The Morgan fingerprint density at radius 3 is 1.50 bits per heavy atom. The molecule has 0 bridgehead atoms. The van der Waals surface area contributed by atoms with Gasteiger partial charge in [0.25, 0.3) is 0 Å². The van der Waals surface area contributed by atoms with Gasteiger partial charge < -0.3 is 5.73 Å². The summed E-state index contributed by atoms with van der Waals surface area (Å²) in [5, 5.41) is 0. The highest BCUT2D eigenvalue weighted by Crippen LogP contribution is 2.11. The normalized spacial score (nSPS) is 10.1. The van der Waals surface area contributed by atoms with Gasteiger partial charge in [0.1, 0.15) is 0 Å². The van der Waals surface area contributed by atoms with Gasteiger partial charge in [-0.2, -0.15) is 0 Å². The maximum Gasteiger partial charge on any atom is -0.00773 e. The summed E-state index contributed by atoms with van der Waals surface area (Å²) >= 11 is 0. The zero-order valence-corrected chi connectivity index (χ0v) is 12.2. The molecule has 0 aliphatic carbocycles. The molecule has 0 rings (SSSR count). The van der Waals surface area contributed by atoms with Gasteiger partial charge in [0, 0.05) is 0 Å². The van der Waals surface area contributed by atoms with Crippen molar-refractivity contribution < 1.29 is 0 Å². The second-order valence-electron chi connectivity index (χ2n) is 5.15. The van der Waals surface area contributed by atoms with Gasteiger partial charge in [-0.3, -0.25) is 0 Å². The van der Waals surface area contributed by atoms with Crippen LogP contribution in [0.1, 0.15) is 85.5 Å². The SMILES string of the molecule is CC(C)CCCCCCCCCN.CCC. The Bertz CT molecular complexity index is 99.6. The van der Waals surface area contributed by atoms with Gasteiger partial charge in [-0.25, -0.2) is 0 Å². The van der Waals surface area contributed by atoms with Gasteiger partial charge in [-0.05, 0) is 18.9 Å². The van der Waals surface area contributed by atoms with E-state index in [-0.39, 0.29) is 0 Å². The maximum atomic E-state index is 5.42. The summed E-state index contributed by atoms with van der Waals surface area (Å²) in [6.45, 7) is 9.73. The summed E-state index contributed by atoms with van der Waals surface area (Å²) < 4.78 is 0. The highest BCUT2D eigenvalue weighted by molar-refractivity contribution is 4.49. The molecule has 0 aliphatic heterocycles. The van der Waals surface area contributed by atoms with Crippen molar-refractivity contribution in [1.82, 2.24) is 0 Å². The van der Waals surface area contributed by atoms with E-state index in [9.17, 15) is 0 Å². The van der Waals surface area contributed by atoms with Crippen molar-refractivity contribution in [2.24, 2.45) is 11.7 Å². The van der Waals surface area contributed by atoms with Crippen LogP contribution in [0.15, 0.2) is 0 Å². The molecule has 1 heteroatoms. The quantitative estimate of drug-likeness (QED) is 0.544. The lowest BCUT2D eigenvalue weighted by molar-refractivity contribution is 0.510. The molecule has 0 saturated carbocycles. The predicted molar refractivity (Wildman–Crippen MR) is 76.8 cm³/mol. The van der Waals surface area contributed by atoms with Gasteiger partial charge in [-0.15, -0.1) is 0 Å². The molecule has 2 N–H and O–H groups in total. The number of rotatable bonds is 9. The minimum atomic E-state index is 0.868. The van der Waals surface area contributed by atoms with Crippen molar-refractivity contribution in [2.75, 3.05) is 6.54 Å². The molecule has 0 fully saturated rings. The first-order valence-electron chi connectivity index (χ1n) is 7.39. The van der Waals surface area contributed by atoms with Crippen molar-refractivity contribution in [3.05, 3.63) is 0 Å². The smallest absolute Gasteiger partial charge is 0.00773 e. The Hall–Kier alpha value is -0.0400. The molecule has 0 atom stereocenters. The van der Waals surface area contributed by atoms with E-state index < -0.39 is 0 Å². The zero-order chi connectivity index (χ0) is 12.6. The topological polar surface area (TPSA) is 26.0 Å². The summed E-state index contributed by atoms with van der Waals surface area (Å²) in [4.78, 5) is 0. The van der Waals surface area contributed by atoms with Gasteiger partial charge in [-0.1, -0.05) is 79.1 Å². The second kappa shape index (κ2) is 17.4. The standard InChI is InChI=1S/C12H27N.C3H8/c1-12(2)10-8-6-4-3-5-7-9-11-13;1-3-2/h12H,3-11,13H2,1-2H3;3H2,1-2H3. The van der Waals surface area contributed by atoms with Crippen molar-refractivity contribution in [3.63, 3.8) is 0 Å². The average molecular weight is 229 g/mol. The molecule has 0 saturated heterocycles. The number of unbranched alkanes of at least 4 members (excludes halogenated alkanes) is 6. The summed E-state index contributed by atoms with van der Waals surface area (Å²) in [5.41, 5.74) is 5.42. The number of hydrogen-bond acceptors (Lipinski definition) is 1. The molecule has 16 heavy (non-hydrogen) atoms. The van der Waals surface area contributed by atoms with Crippen LogP contribution in [-0.4, -0.2) is 6.54 Å². The second-order valence-corrected chi connectivity index (χ2v) is 5.15. The van der Waals surface area contributed by atoms with Crippen LogP contribution in [-0.2, 0) is 0 Å². The predicted octanol–water partition coefficient (Wildman–Crippen LogP) is 5.14. The minimum absolute atomic E-state index is 0.868. The van der Waals surface area contributed by atoms with Crippen LogP contribution in [0.3, 0.4) is 0 Å². The molecule has 0 aliphatic rings. The van der Waals surface area contributed by atoms with Crippen LogP contribution in [0.5, 0.6) is 0 Å². The van der Waals surface area contributed by atoms with Crippen molar-refractivity contribution >= 4 is 0 Å². The third kappa shape index (κ3) is 23.6. The van der Waals surface area contributed by atoms with Crippen LogP contribution in [0.4, 0.5) is 0 Å². The highest BCUT2D eigenvalue weighted by Gasteiger charge is 1.94. The lowest BCUT2D eigenvalue weighted by Gasteiger charge is -2.03. The lowest BCUT2D eigenvalue weighted by atomic mass is 10.0. The van der Waals surface area contributed by atoms with Crippen molar-refractivity contribution in [1.29, 1.82) is 0 Å². The number of hydrogen-bond donors (Lipinski definition) is 1. The Balaban J connectivity index is 0. The summed E-state index contributed by atoms with van der Waals surface area (Å²) in [6, 6.07) is 0. The van der Waals surface area contributed by atoms with E-state index in [4.69, 9.17) is 5.73 Å². The van der Waals surface area contributed by atoms with Crippen LogP contribution < -0.4 is 5.73 Å². The third-order valence-corrected chi connectivity index (χ3v) is 2.49. The van der Waals surface area contributed by atoms with Crippen LogP contribution in [0.2, 0.25) is 0 Å². The molecule has 0 unspecified atom stereocenters. The van der Waals surface area contributed by atoms with Gasteiger partial charge in [0.2, 0.25) is 0 Å². The first-order valence-corrected chi connectivity index (χ1v) is 7.39. The average Bonchev–Trinajstić information content (AvgIpc) is 2.23. The molecule has 100 valence electrons. The van der Waals surface area contributed by atoms with E-state index in [0.717, 1.165) is 12.5 Å². The first kappa shape index (κ1) is 18.3. The molecule has 0 spiro atoms. The summed E-state index contributed by atoms with van der Waals surface area (Å²) in [6.07, 6.45) is 12.3. The molecule has 0 aromatic heterocycles. The van der Waals surface area contributed by atoms with Gasteiger partial charge in [0.05, 0.1) is 0 Å². The highest BCUT2D eigenvalue weighted by atomic mass is 14.5. The molecule has 0 heterocycles. The molecular weight excluding hydrogens is 194 g/mol. The van der Waals surface area contributed by atoms with Gasteiger partial charge in [0.15, 0.2) is 0 Å². The summed E-state index contributed by atoms with van der Waals surface area (Å²) in [7, 11) is 0. The largest absolute Gasteiger partial charge is 0.330 e. The third-order valence-electron chi connectivity index (χ3n) is 2.49. The molecule has 0 radical (unpaired) electrons. The molecular formula is C15H35N. The zero-order valence-electron chi connectivity index (χ0n) is 12.2. The van der Waals surface area contributed by atoms with Crippen LogP contribution in [0.25, 0.3) is 0 Å². The Labute approximate surface area is 104 Å². The summed E-state index contributed by atoms with van der Waals surface area (Å²) in [5.74, 6) is 0.886. The molecule has 0 aromatic carbocycles. The van der Waals surface area contributed by atoms with Crippen LogP contribution >= 0.6 is 0 Å². The number of nitrogens with two attached hydrogens (primary N) is 1. The molecule has 0 aromatic rings. The minimum Gasteiger partial charge on any atom is -0.330 e. The van der Waals surface area contributed by atoms with E-state index in [1.165, 1.54) is 57.8 Å². The van der Waals surface area contributed by atoms with E-state index in [2.05, 4.69) is 27.7 Å². The van der Waals surface area contributed by atoms with Crippen molar-refractivity contribution in [2.45, 2.75) is 85.5 Å². The lowest BCUT2D eigenvalue weighted by Crippen LogP contribution is -1.97. The van der Waals surface area contributed by atoms with E-state index in [0.29, 0.717) is 0 Å². The fourth-order valence-corrected chi connectivity index (χ4v) is 1.58. The molecule has 0 amide bonds. The van der Waals surface area contributed by atoms with Gasteiger partial charge >= 0.3 is 0 Å². The fraction of sp³-hybridized carbons (Fsp3) is 1.00. The van der Waals surface area contributed by atoms with Crippen molar-refractivity contribution in [3.8, 4) is 0 Å². The Morgan fingerprint density at radius 1 is 0.750 bits per heavy atom. The van der Waals surface area contributed by atoms with Crippen LogP contribution in [0, 0.1) is 5.92 Å².